The second-order valence-electron chi connectivity index (χ2n) is 13.7. The largest absolute Gasteiger partial charge is 0.347 e. The molecule has 0 saturated carbocycles. The van der Waals surface area contributed by atoms with Gasteiger partial charge in [-0.1, -0.05) is 49.4 Å². The van der Waals surface area contributed by atoms with Gasteiger partial charge in [0.25, 0.3) is 11.8 Å². The first-order chi connectivity index (χ1) is 26.7. The van der Waals surface area contributed by atoms with E-state index in [1.165, 1.54) is 4.90 Å². The summed E-state index contributed by atoms with van der Waals surface area (Å²) in [4.78, 5) is 80.2. The van der Waals surface area contributed by atoms with Crippen LogP contribution in [0.4, 0.5) is 4.79 Å². The van der Waals surface area contributed by atoms with E-state index in [1.54, 1.807) is 42.4 Å². The molecular formula is C41H39N9O5. The van der Waals surface area contributed by atoms with Gasteiger partial charge in [-0.2, -0.15) is 0 Å². The predicted octanol–water partition coefficient (Wildman–Crippen LogP) is 4.08. The van der Waals surface area contributed by atoms with Crippen LogP contribution in [0.15, 0.2) is 73.1 Å². The molecule has 3 aliphatic heterocycles. The molecule has 1 saturated heterocycles. The van der Waals surface area contributed by atoms with E-state index in [1.807, 2.05) is 48.7 Å². The Morgan fingerprint density at radius 3 is 2.60 bits per heavy atom. The molecule has 0 spiro atoms. The number of hydrogen-bond donors (Lipinski definition) is 3. The Morgan fingerprint density at radius 1 is 0.982 bits per heavy atom. The molecule has 8 rings (SSSR count). The zero-order valence-electron chi connectivity index (χ0n) is 30.5. The van der Waals surface area contributed by atoms with Crippen LogP contribution in [0.5, 0.6) is 0 Å². The average Bonchev–Trinajstić information content (AvgIpc) is 3.75. The highest BCUT2D eigenvalue weighted by molar-refractivity contribution is 6.06. The van der Waals surface area contributed by atoms with E-state index in [0.29, 0.717) is 37.3 Å². The average molecular weight is 738 g/mol. The maximum Gasteiger partial charge on any atom is 0.317 e. The summed E-state index contributed by atoms with van der Waals surface area (Å²) in [6, 6.07) is 16.2. The molecule has 5 aromatic rings. The summed E-state index contributed by atoms with van der Waals surface area (Å²) in [5, 5.41) is 9.85. The SMILES string of the molecule is CCc1nc(-c2cccc3cc(-c4ccc(C(=O)NC/C=C/c5cccc6c5CN(C5CCC(=O)NC5=O)C6=O)nc4)ncc23)c2n1CCN(C(=O)NC)C2. The van der Waals surface area contributed by atoms with Crippen LogP contribution < -0.4 is 16.0 Å². The number of urea groups is 1. The Kier molecular flexibility index (Phi) is 9.39. The van der Waals surface area contributed by atoms with Crippen molar-refractivity contribution in [2.45, 2.75) is 51.9 Å². The molecule has 1 fully saturated rings. The molecule has 1 unspecified atom stereocenters. The lowest BCUT2D eigenvalue weighted by Crippen LogP contribution is -2.52. The van der Waals surface area contributed by atoms with Gasteiger partial charge in [0.15, 0.2) is 0 Å². The van der Waals surface area contributed by atoms with Gasteiger partial charge in [-0.15, -0.1) is 0 Å². The second kappa shape index (κ2) is 14.6. The zero-order chi connectivity index (χ0) is 38.2. The van der Waals surface area contributed by atoms with Crippen LogP contribution in [-0.2, 0) is 35.6 Å². The minimum atomic E-state index is -0.685. The fourth-order valence-corrected chi connectivity index (χ4v) is 7.67. The van der Waals surface area contributed by atoms with Crippen molar-refractivity contribution < 1.29 is 24.0 Å². The Bertz CT molecular complexity index is 2420. The molecule has 0 aliphatic carbocycles. The summed E-state index contributed by atoms with van der Waals surface area (Å²) in [6.45, 7) is 4.37. The normalized spacial score (nSPS) is 16.7. The maximum atomic E-state index is 13.1. The third-order valence-corrected chi connectivity index (χ3v) is 10.5. The predicted molar refractivity (Wildman–Crippen MR) is 204 cm³/mol. The lowest BCUT2D eigenvalue weighted by molar-refractivity contribution is -0.136. The first-order valence-electron chi connectivity index (χ1n) is 18.4. The summed E-state index contributed by atoms with van der Waals surface area (Å²) in [6.07, 6.45) is 8.39. The Balaban J connectivity index is 0.933. The van der Waals surface area contributed by atoms with Gasteiger partial charge in [-0.05, 0) is 47.2 Å². The number of fused-ring (bicyclic) bond motifs is 3. The van der Waals surface area contributed by atoms with E-state index in [0.717, 1.165) is 56.7 Å². The number of nitrogens with one attached hydrogen (secondary N) is 3. The fraction of sp³-hybridized carbons (Fsp3) is 0.268. The number of carbonyl (C=O) groups is 5. The van der Waals surface area contributed by atoms with Crippen molar-refractivity contribution in [1.29, 1.82) is 0 Å². The highest BCUT2D eigenvalue weighted by atomic mass is 16.2. The Hall–Kier alpha value is -6.70. The summed E-state index contributed by atoms with van der Waals surface area (Å²) < 4.78 is 2.23. The van der Waals surface area contributed by atoms with E-state index >= 15 is 0 Å². The van der Waals surface area contributed by atoms with Crippen molar-refractivity contribution in [3.8, 4) is 22.5 Å². The first-order valence-corrected chi connectivity index (χ1v) is 18.4. The topological polar surface area (TPSA) is 172 Å². The Labute approximate surface area is 316 Å². The van der Waals surface area contributed by atoms with Crippen LogP contribution >= 0.6 is 0 Å². The van der Waals surface area contributed by atoms with Gasteiger partial charge in [0.1, 0.15) is 17.6 Å². The van der Waals surface area contributed by atoms with Gasteiger partial charge >= 0.3 is 6.03 Å². The number of hydrogen-bond acceptors (Lipinski definition) is 8. The molecule has 1 atom stereocenters. The minimum absolute atomic E-state index is 0.108. The number of imide groups is 1. The molecule has 278 valence electrons. The molecule has 3 N–H and O–H groups in total. The minimum Gasteiger partial charge on any atom is -0.347 e. The fourth-order valence-electron chi connectivity index (χ4n) is 7.67. The van der Waals surface area contributed by atoms with Crippen LogP contribution in [0, 0.1) is 0 Å². The number of rotatable bonds is 8. The smallest absolute Gasteiger partial charge is 0.317 e. The van der Waals surface area contributed by atoms with Crippen LogP contribution in [0.25, 0.3) is 39.4 Å². The molecule has 14 nitrogen and oxygen atoms in total. The molecule has 3 aliphatic rings. The molecule has 55 heavy (non-hydrogen) atoms. The highest BCUT2D eigenvalue weighted by Gasteiger charge is 2.39. The van der Waals surface area contributed by atoms with Crippen LogP contribution in [0.3, 0.4) is 0 Å². The summed E-state index contributed by atoms with van der Waals surface area (Å²) >= 11 is 0. The van der Waals surface area contributed by atoms with E-state index < -0.39 is 11.9 Å². The summed E-state index contributed by atoms with van der Waals surface area (Å²) in [5.74, 6) is -0.357. The van der Waals surface area contributed by atoms with Gasteiger partial charge in [-0.25, -0.2) is 9.78 Å². The van der Waals surface area contributed by atoms with Crippen molar-refractivity contribution in [2.75, 3.05) is 20.1 Å². The Morgan fingerprint density at radius 2 is 1.82 bits per heavy atom. The maximum absolute atomic E-state index is 13.1. The molecule has 0 bridgehead atoms. The number of aryl methyl sites for hydroxylation is 1. The molecule has 3 aromatic heterocycles. The molecule has 2 aromatic carbocycles. The van der Waals surface area contributed by atoms with Gasteiger partial charge in [0, 0.05) is 80.5 Å². The summed E-state index contributed by atoms with van der Waals surface area (Å²) in [7, 11) is 1.64. The summed E-state index contributed by atoms with van der Waals surface area (Å²) in [5.41, 5.74) is 6.70. The molecule has 6 heterocycles. The number of amides is 6. The van der Waals surface area contributed by atoms with Crippen molar-refractivity contribution in [1.82, 2.24) is 45.3 Å². The van der Waals surface area contributed by atoms with E-state index in [9.17, 15) is 24.0 Å². The van der Waals surface area contributed by atoms with Gasteiger partial charge < -0.3 is 25.0 Å². The lowest BCUT2D eigenvalue weighted by atomic mass is 10.0. The molecule has 6 amide bonds. The molecule has 14 heteroatoms. The van der Waals surface area contributed by atoms with E-state index in [-0.39, 0.29) is 49.0 Å². The first kappa shape index (κ1) is 35.3. The number of benzene rings is 2. The highest BCUT2D eigenvalue weighted by Crippen LogP contribution is 2.35. The van der Waals surface area contributed by atoms with Gasteiger partial charge in [0.05, 0.1) is 23.6 Å². The third kappa shape index (κ3) is 6.60. The number of imidazole rings is 1. The number of aromatic nitrogens is 4. The third-order valence-electron chi connectivity index (χ3n) is 10.5. The van der Waals surface area contributed by atoms with Crippen molar-refractivity contribution >= 4 is 46.5 Å². The van der Waals surface area contributed by atoms with E-state index in [4.69, 9.17) is 9.97 Å². The van der Waals surface area contributed by atoms with Crippen molar-refractivity contribution in [3.05, 3.63) is 107 Å². The number of carbonyl (C=O) groups excluding carboxylic acids is 5. The second-order valence-corrected chi connectivity index (χ2v) is 13.7. The van der Waals surface area contributed by atoms with Crippen molar-refractivity contribution in [2.24, 2.45) is 0 Å². The monoisotopic (exact) mass is 737 g/mol. The van der Waals surface area contributed by atoms with Crippen LogP contribution in [0.1, 0.15) is 63.3 Å². The zero-order valence-corrected chi connectivity index (χ0v) is 30.5. The van der Waals surface area contributed by atoms with Crippen LogP contribution in [-0.4, -0.2) is 85.2 Å². The van der Waals surface area contributed by atoms with Gasteiger partial charge in [0.2, 0.25) is 11.8 Å². The number of piperidine rings is 1. The standard InChI is InChI=1S/C41H39N9O5/c1-3-35-46-37(34-23-48(41(55)42-2)17-18-49(34)35)27-10-5-8-25-19-32(45-21-29(25)27)26-12-13-31(44-20-26)38(52)43-16-6-9-24-7-4-11-28-30(24)22-50(40(28)54)33-14-15-36(51)47-39(33)53/h4-13,19-21,33H,3,14-18,22-23H2,1-2H3,(H,42,55)(H,43,52)(H,47,51,53)/b9-6+. The van der Waals surface area contributed by atoms with Crippen molar-refractivity contribution in [3.63, 3.8) is 0 Å². The lowest BCUT2D eigenvalue weighted by Gasteiger charge is -2.29. The van der Waals surface area contributed by atoms with Crippen LogP contribution in [0.2, 0.25) is 0 Å². The quantitative estimate of drug-likeness (QED) is 0.200. The number of pyridine rings is 2. The molecule has 0 radical (unpaired) electrons. The van der Waals surface area contributed by atoms with Gasteiger partial charge in [-0.3, -0.25) is 34.5 Å². The van der Waals surface area contributed by atoms with E-state index in [2.05, 4.69) is 32.4 Å². The number of nitrogens with zero attached hydrogens (tertiary/aromatic N) is 6. The molecular weight excluding hydrogens is 699 g/mol.